The number of piperidine rings is 1. The molecule has 2 aliphatic rings. The third kappa shape index (κ3) is 5.00. The normalized spacial score (nSPS) is 19.4. The number of aromatic nitrogens is 3. The second-order valence-electron chi connectivity index (χ2n) is 8.94. The Kier molecular flexibility index (Phi) is 7.31. The maximum Gasteiger partial charge on any atom is 0.256 e. The third-order valence-corrected chi connectivity index (χ3v) is 7.33. The molecule has 2 aliphatic heterocycles. The SMILES string of the molecule is CNc1cc(N2CCOCC2)n2nc([C@@H]3CCCCN3C(=O)c3cc(Cl)ccc3NS(C)=O)cc2n1. The number of nitrogens with zero attached hydrogens (tertiary/aromatic N) is 5. The van der Waals surface area contributed by atoms with Gasteiger partial charge in [0.2, 0.25) is 0 Å². The quantitative estimate of drug-likeness (QED) is 0.502. The molecule has 192 valence electrons. The highest BCUT2D eigenvalue weighted by molar-refractivity contribution is 7.85. The minimum atomic E-state index is -1.33. The van der Waals surface area contributed by atoms with Crippen molar-refractivity contribution < 1.29 is 13.7 Å². The number of hydrogen-bond donors (Lipinski definition) is 2. The van der Waals surface area contributed by atoms with E-state index < -0.39 is 11.0 Å². The van der Waals surface area contributed by atoms with Gasteiger partial charge in [0.15, 0.2) is 5.65 Å². The Morgan fingerprint density at radius 2 is 1.97 bits per heavy atom. The van der Waals surface area contributed by atoms with Crippen LogP contribution in [-0.4, -0.2) is 75.8 Å². The molecule has 2 fully saturated rings. The van der Waals surface area contributed by atoms with E-state index >= 15 is 0 Å². The summed E-state index contributed by atoms with van der Waals surface area (Å²) in [6, 6.07) is 8.77. The summed E-state index contributed by atoms with van der Waals surface area (Å²) in [6.07, 6.45) is 4.22. The van der Waals surface area contributed by atoms with Crippen molar-refractivity contribution in [1.82, 2.24) is 19.5 Å². The number of anilines is 3. The molecule has 1 unspecified atom stereocenters. The van der Waals surface area contributed by atoms with Crippen molar-refractivity contribution in [3.8, 4) is 0 Å². The van der Waals surface area contributed by atoms with Crippen molar-refractivity contribution in [3.63, 3.8) is 0 Å². The number of nitrogens with one attached hydrogen (secondary N) is 2. The van der Waals surface area contributed by atoms with Gasteiger partial charge in [0.05, 0.1) is 36.2 Å². The Labute approximate surface area is 217 Å². The largest absolute Gasteiger partial charge is 0.378 e. The molecule has 1 aromatic carbocycles. The summed E-state index contributed by atoms with van der Waals surface area (Å²) in [4.78, 5) is 22.6. The molecule has 36 heavy (non-hydrogen) atoms. The van der Waals surface area contributed by atoms with Crippen molar-refractivity contribution in [2.45, 2.75) is 25.3 Å². The first kappa shape index (κ1) is 24.8. The minimum absolute atomic E-state index is 0.163. The highest BCUT2D eigenvalue weighted by Gasteiger charge is 2.32. The number of benzene rings is 1. The first-order valence-electron chi connectivity index (χ1n) is 12.1. The predicted molar refractivity (Wildman–Crippen MR) is 142 cm³/mol. The second kappa shape index (κ2) is 10.6. The van der Waals surface area contributed by atoms with Gasteiger partial charge in [-0.25, -0.2) is 9.19 Å². The van der Waals surface area contributed by atoms with Crippen LogP contribution in [0.3, 0.4) is 0 Å². The molecule has 5 rings (SSSR count). The van der Waals surface area contributed by atoms with Gasteiger partial charge in [0.25, 0.3) is 5.91 Å². The van der Waals surface area contributed by atoms with E-state index in [0.717, 1.165) is 55.3 Å². The van der Waals surface area contributed by atoms with Gasteiger partial charge in [-0.2, -0.15) is 9.61 Å². The average Bonchev–Trinajstić information content (AvgIpc) is 3.33. The molecule has 0 spiro atoms. The lowest BCUT2D eigenvalue weighted by Crippen LogP contribution is -2.39. The van der Waals surface area contributed by atoms with Gasteiger partial charge >= 0.3 is 0 Å². The van der Waals surface area contributed by atoms with Crippen molar-refractivity contribution in [2.75, 3.05) is 61.1 Å². The van der Waals surface area contributed by atoms with Gasteiger partial charge < -0.3 is 24.6 Å². The molecule has 2 saturated heterocycles. The molecule has 2 N–H and O–H groups in total. The molecule has 0 radical (unpaired) electrons. The van der Waals surface area contributed by atoms with Crippen LogP contribution in [-0.2, 0) is 15.7 Å². The molecular weight excluding hydrogens is 502 g/mol. The van der Waals surface area contributed by atoms with E-state index in [9.17, 15) is 9.00 Å². The molecule has 4 heterocycles. The monoisotopic (exact) mass is 531 g/mol. The fourth-order valence-electron chi connectivity index (χ4n) is 4.86. The summed E-state index contributed by atoms with van der Waals surface area (Å²) in [6.45, 7) is 3.47. The van der Waals surface area contributed by atoms with E-state index in [4.69, 9.17) is 26.4 Å². The van der Waals surface area contributed by atoms with Crippen LogP contribution in [0, 0.1) is 0 Å². The lowest BCUT2D eigenvalue weighted by atomic mass is 9.98. The van der Waals surface area contributed by atoms with Crippen LogP contribution in [0.2, 0.25) is 5.02 Å². The van der Waals surface area contributed by atoms with Gasteiger partial charge in [-0.05, 0) is 37.5 Å². The van der Waals surface area contributed by atoms with E-state index in [2.05, 4.69) is 14.9 Å². The maximum absolute atomic E-state index is 13.8. The molecule has 3 aromatic rings. The second-order valence-corrected chi connectivity index (χ2v) is 10.5. The molecule has 0 saturated carbocycles. The van der Waals surface area contributed by atoms with E-state index in [1.54, 1.807) is 18.2 Å². The molecule has 0 aliphatic carbocycles. The van der Waals surface area contributed by atoms with Crippen LogP contribution in [0.1, 0.15) is 41.4 Å². The van der Waals surface area contributed by atoms with Crippen LogP contribution in [0.4, 0.5) is 17.3 Å². The van der Waals surface area contributed by atoms with E-state index in [0.29, 0.717) is 36.0 Å². The number of hydrogen-bond acceptors (Lipinski definition) is 7. The lowest BCUT2D eigenvalue weighted by Gasteiger charge is -2.35. The maximum atomic E-state index is 13.8. The summed E-state index contributed by atoms with van der Waals surface area (Å²) in [7, 11) is 0.522. The van der Waals surface area contributed by atoms with Gasteiger partial charge in [-0.3, -0.25) is 4.79 Å². The molecular formula is C24H30ClN7O3S. The Hall–Kier alpha value is -2.89. The summed E-state index contributed by atoms with van der Waals surface area (Å²) in [5.74, 6) is 1.54. The van der Waals surface area contributed by atoms with Gasteiger partial charge in [-0.15, -0.1) is 0 Å². The van der Waals surface area contributed by atoms with Crippen LogP contribution in [0.15, 0.2) is 30.3 Å². The standard InChI is InChI=1S/C24H30ClN7O3S/c1-26-21-15-23(30-9-11-35-12-10-30)32-22(27-21)14-19(28-32)20-5-3-4-8-31(20)24(33)17-13-16(25)6-7-18(17)29-36(2)34/h6-7,13-15,20,29H,3-5,8-12H2,1-2H3,(H,26,27)/t20-,36?/m0/s1. The number of ether oxygens (including phenoxy) is 1. The number of fused-ring (bicyclic) bond motifs is 1. The summed E-state index contributed by atoms with van der Waals surface area (Å²) >= 11 is 6.25. The third-order valence-electron chi connectivity index (χ3n) is 6.59. The summed E-state index contributed by atoms with van der Waals surface area (Å²) in [5, 5.41) is 8.56. The van der Waals surface area contributed by atoms with Gasteiger partial charge in [-0.1, -0.05) is 11.6 Å². The summed E-state index contributed by atoms with van der Waals surface area (Å²) in [5.41, 5.74) is 2.43. The van der Waals surface area contributed by atoms with Gasteiger partial charge in [0, 0.05) is 50.1 Å². The zero-order valence-electron chi connectivity index (χ0n) is 20.4. The number of halogens is 1. The fraction of sp³-hybridized carbons (Fsp3) is 0.458. The zero-order valence-corrected chi connectivity index (χ0v) is 21.9. The molecule has 2 aromatic heterocycles. The van der Waals surface area contributed by atoms with E-state index in [1.165, 1.54) is 6.26 Å². The number of rotatable bonds is 6. The van der Waals surface area contributed by atoms with Crippen molar-refractivity contribution in [3.05, 3.63) is 46.6 Å². The predicted octanol–water partition coefficient (Wildman–Crippen LogP) is 3.33. The van der Waals surface area contributed by atoms with Crippen molar-refractivity contribution in [1.29, 1.82) is 0 Å². The smallest absolute Gasteiger partial charge is 0.256 e. The minimum Gasteiger partial charge on any atom is -0.378 e. The first-order valence-corrected chi connectivity index (χ1v) is 14.0. The number of carbonyl (C=O) groups is 1. The number of amides is 1. The lowest BCUT2D eigenvalue weighted by molar-refractivity contribution is 0.0607. The Balaban J connectivity index is 1.53. The number of likely N-dealkylation sites (tertiary alicyclic amines) is 1. The first-order chi connectivity index (χ1) is 17.4. The summed E-state index contributed by atoms with van der Waals surface area (Å²) < 4.78 is 22.1. The molecule has 12 heteroatoms. The highest BCUT2D eigenvalue weighted by atomic mass is 35.5. The Morgan fingerprint density at radius 1 is 1.17 bits per heavy atom. The topological polar surface area (TPSA) is 104 Å². The van der Waals surface area contributed by atoms with Crippen LogP contribution < -0.4 is 14.9 Å². The molecule has 10 nitrogen and oxygen atoms in total. The van der Waals surface area contributed by atoms with Crippen molar-refractivity contribution in [2.24, 2.45) is 0 Å². The van der Waals surface area contributed by atoms with Crippen LogP contribution in [0.25, 0.3) is 5.65 Å². The number of morpholine rings is 1. The fourth-order valence-corrected chi connectivity index (χ4v) is 5.52. The average molecular weight is 532 g/mol. The Morgan fingerprint density at radius 3 is 2.72 bits per heavy atom. The van der Waals surface area contributed by atoms with E-state index in [-0.39, 0.29) is 11.9 Å². The van der Waals surface area contributed by atoms with Crippen molar-refractivity contribution >= 4 is 51.5 Å². The number of carbonyl (C=O) groups excluding carboxylic acids is 1. The highest BCUT2D eigenvalue weighted by Crippen LogP contribution is 2.35. The zero-order chi connectivity index (χ0) is 25.2. The van der Waals surface area contributed by atoms with Crippen LogP contribution >= 0.6 is 11.6 Å². The van der Waals surface area contributed by atoms with Crippen LogP contribution in [0.5, 0.6) is 0 Å². The van der Waals surface area contributed by atoms with Gasteiger partial charge in [0.1, 0.15) is 22.6 Å². The Bertz CT molecular complexity index is 1290. The van der Waals surface area contributed by atoms with E-state index in [1.807, 2.05) is 28.6 Å². The molecule has 2 atom stereocenters. The molecule has 1 amide bonds. The molecule has 0 bridgehead atoms.